The van der Waals surface area contributed by atoms with Gasteiger partial charge in [0.1, 0.15) is 0 Å². The van der Waals surface area contributed by atoms with Crippen LogP contribution in [0.2, 0.25) is 6.04 Å². The van der Waals surface area contributed by atoms with Crippen LogP contribution in [0.1, 0.15) is 13.3 Å². The van der Waals surface area contributed by atoms with Gasteiger partial charge in [-0.25, -0.2) is 0 Å². The second-order valence-corrected chi connectivity index (χ2v) is 5.44. The average Bonchev–Trinajstić information content (AvgIpc) is 2.06. The van der Waals surface area contributed by atoms with Crippen molar-refractivity contribution in [3.8, 4) is 0 Å². The van der Waals surface area contributed by atoms with Crippen molar-refractivity contribution in [2.75, 3.05) is 28.3 Å². The molecule has 0 aromatic rings. The van der Waals surface area contributed by atoms with E-state index in [4.69, 9.17) is 8.85 Å². The van der Waals surface area contributed by atoms with Crippen LogP contribution in [0.25, 0.3) is 0 Å². The van der Waals surface area contributed by atoms with Crippen molar-refractivity contribution in [2.24, 2.45) is 0 Å². The van der Waals surface area contributed by atoms with E-state index in [0.29, 0.717) is 6.04 Å². The lowest BCUT2D eigenvalue weighted by atomic mass is 10.2. The molecule has 74 valence electrons. The number of hydrogen-bond acceptors (Lipinski definition) is 3. The molecule has 0 aromatic carbocycles. The molecule has 0 N–H and O–H groups in total. The third-order valence-electron chi connectivity index (χ3n) is 2.19. The molecule has 0 radical (unpaired) electrons. The van der Waals surface area contributed by atoms with E-state index < -0.39 is 9.28 Å². The average molecular weight is 191 g/mol. The van der Waals surface area contributed by atoms with Crippen LogP contribution in [0.4, 0.5) is 0 Å². The summed E-state index contributed by atoms with van der Waals surface area (Å²) in [4.78, 5) is 2.23. The summed E-state index contributed by atoms with van der Waals surface area (Å²) >= 11 is 0. The topological polar surface area (TPSA) is 21.7 Å². The molecule has 0 saturated carbocycles. The summed E-state index contributed by atoms with van der Waals surface area (Å²) < 4.78 is 10.5. The zero-order valence-electron chi connectivity index (χ0n) is 8.83. The smallest absolute Gasteiger partial charge is 0.322 e. The lowest BCUT2D eigenvalue weighted by Crippen LogP contribution is -2.34. The van der Waals surface area contributed by atoms with E-state index >= 15 is 0 Å². The second kappa shape index (κ2) is 6.60. The van der Waals surface area contributed by atoms with Crippen molar-refractivity contribution in [3.63, 3.8) is 0 Å². The minimum absolute atomic E-state index is 0.599. The SMILES string of the molecule is CCC(C[SiH](OC)OC)N(C)C. The number of rotatable bonds is 6. The molecule has 12 heavy (non-hydrogen) atoms. The van der Waals surface area contributed by atoms with Crippen LogP contribution >= 0.6 is 0 Å². The van der Waals surface area contributed by atoms with E-state index in [1.807, 2.05) is 0 Å². The zero-order valence-corrected chi connectivity index (χ0v) is 9.99. The summed E-state index contributed by atoms with van der Waals surface area (Å²) in [5.74, 6) is 0. The Bertz CT molecular complexity index is 107. The van der Waals surface area contributed by atoms with Crippen LogP contribution in [-0.2, 0) is 8.85 Å². The van der Waals surface area contributed by atoms with Crippen LogP contribution in [0.15, 0.2) is 0 Å². The first-order valence-corrected chi connectivity index (χ1v) is 6.13. The second-order valence-electron chi connectivity index (χ2n) is 3.16. The summed E-state index contributed by atoms with van der Waals surface area (Å²) in [6.45, 7) is 2.20. The van der Waals surface area contributed by atoms with Gasteiger partial charge in [-0.2, -0.15) is 0 Å². The quantitative estimate of drug-likeness (QED) is 0.581. The lowest BCUT2D eigenvalue weighted by Gasteiger charge is -2.24. The first-order chi connectivity index (χ1) is 5.65. The largest absolute Gasteiger partial charge is 0.400 e. The summed E-state index contributed by atoms with van der Waals surface area (Å²) in [5.41, 5.74) is 0. The fourth-order valence-corrected chi connectivity index (χ4v) is 3.03. The van der Waals surface area contributed by atoms with E-state index in [1.165, 1.54) is 0 Å². The third-order valence-corrected chi connectivity index (χ3v) is 4.17. The van der Waals surface area contributed by atoms with Gasteiger partial charge in [-0.05, 0) is 20.5 Å². The van der Waals surface area contributed by atoms with Crippen LogP contribution in [-0.4, -0.2) is 48.5 Å². The van der Waals surface area contributed by atoms with Gasteiger partial charge in [-0.3, -0.25) is 0 Å². The lowest BCUT2D eigenvalue weighted by molar-refractivity contribution is 0.244. The molecule has 4 heteroatoms. The molecule has 0 fully saturated rings. The first kappa shape index (κ1) is 12.1. The van der Waals surface area contributed by atoms with Crippen molar-refractivity contribution < 1.29 is 8.85 Å². The van der Waals surface area contributed by atoms with E-state index in [2.05, 4.69) is 25.9 Å². The van der Waals surface area contributed by atoms with E-state index in [0.717, 1.165) is 12.5 Å². The van der Waals surface area contributed by atoms with Crippen molar-refractivity contribution in [1.29, 1.82) is 0 Å². The summed E-state index contributed by atoms with van der Waals surface area (Å²) in [5, 5.41) is 0. The third kappa shape index (κ3) is 4.20. The maximum Gasteiger partial charge on any atom is 0.322 e. The fraction of sp³-hybridized carbons (Fsp3) is 1.00. The fourth-order valence-electron chi connectivity index (χ4n) is 1.25. The molecule has 1 atom stereocenters. The Kier molecular flexibility index (Phi) is 6.65. The molecular formula is C8H21NO2Si. The van der Waals surface area contributed by atoms with Gasteiger partial charge < -0.3 is 13.8 Å². The van der Waals surface area contributed by atoms with E-state index in [-0.39, 0.29) is 0 Å². The van der Waals surface area contributed by atoms with E-state index in [9.17, 15) is 0 Å². The Labute approximate surface area is 77.5 Å². The molecule has 0 aromatic heterocycles. The zero-order chi connectivity index (χ0) is 9.56. The van der Waals surface area contributed by atoms with Crippen molar-refractivity contribution in [2.45, 2.75) is 25.4 Å². The van der Waals surface area contributed by atoms with Crippen LogP contribution in [0, 0.1) is 0 Å². The highest BCUT2D eigenvalue weighted by atomic mass is 28.3. The minimum atomic E-state index is -1.37. The van der Waals surface area contributed by atoms with Crippen LogP contribution in [0.5, 0.6) is 0 Å². The molecule has 0 amide bonds. The summed E-state index contributed by atoms with van der Waals surface area (Å²) in [7, 11) is 6.32. The Hall–Kier alpha value is 0.0969. The van der Waals surface area contributed by atoms with Gasteiger partial charge in [-0.15, -0.1) is 0 Å². The van der Waals surface area contributed by atoms with Gasteiger partial charge >= 0.3 is 9.28 Å². The molecule has 0 saturated heterocycles. The summed E-state index contributed by atoms with van der Waals surface area (Å²) in [6.07, 6.45) is 1.16. The van der Waals surface area contributed by atoms with Crippen LogP contribution in [0.3, 0.4) is 0 Å². The molecule has 0 aliphatic rings. The van der Waals surface area contributed by atoms with Crippen molar-refractivity contribution in [1.82, 2.24) is 4.90 Å². The molecule has 0 aliphatic carbocycles. The highest BCUT2D eigenvalue weighted by Crippen LogP contribution is 2.08. The number of hydrogen-bond donors (Lipinski definition) is 0. The van der Waals surface area contributed by atoms with Crippen LogP contribution < -0.4 is 0 Å². The maximum atomic E-state index is 5.27. The van der Waals surface area contributed by atoms with Crippen molar-refractivity contribution >= 4 is 9.28 Å². The van der Waals surface area contributed by atoms with Gasteiger partial charge in [-0.1, -0.05) is 6.92 Å². The molecule has 0 spiro atoms. The van der Waals surface area contributed by atoms with Gasteiger partial charge in [0.15, 0.2) is 0 Å². The predicted octanol–water partition coefficient (Wildman–Crippen LogP) is 0.840. The monoisotopic (exact) mass is 191 g/mol. The minimum Gasteiger partial charge on any atom is -0.400 e. The van der Waals surface area contributed by atoms with Gasteiger partial charge in [0.05, 0.1) is 0 Å². The Morgan fingerprint density at radius 3 is 2.00 bits per heavy atom. The number of nitrogens with zero attached hydrogens (tertiary/aromatic N) is 1. The van der Waals surface area contributed by atoms with Gasteiger partial charge in [0.25, 0.3) is 0 Å². The molecule has 0 bridgehead atoms. The predicted molar refractivity (Wildman–Crippen MR) is 53.7 cm³/mol. The normalized spacial score (nSPS) is 14.2. The maximum absolute atomic E-state index is 5.27. The molecule has 0 heterocycles. The highest BCUT2D eigenvalue weighted by Gasteiger charge is 2.18. The molecule has 0 aliphatic heterocycles. The Morgan fingerprint density at radius 1 is 1.25 bits per heavy atom. The molecule has 3 nitrogen and oxygen atoms in total. The van der Waals surface area contributed by atoms with Gasteiger partial charge in [0, 0.05) is 26.3 Å². The first-order valence-electron chi connectivity index (χ1n) is 4.37. The Morgan fingerprint density at radius 2 is 1.75 bits per heavy atom. The van der Waals surface area contributed by atoms with Crippen molar-refractivity contribution in [3.05, 3.63) is 0 Å². The summed E-state index contributed by atoms with van der Waals surface area (Å²) in [6, 6.07) is 1.66. The van der Waals surface area contributed by atoms with Gasteiger partial charge in [0.2, 0.25) is 0 Å². The standard InChI is InChI=1S/C8H21NO2Si/c1-6-8(9(2)3)7-12(10-4)11-5/h8,12H,6-7H2,1-5H3. The molecule has 1 unspecified atom stereocenters. The Balaban J connectivity index is 3.82. The molecule has 0 rings (SSSR count). The highest BCUT2D eigenvalue weighted by molar-refractivity contribution is 6.44. The van der Waals surface area contributed by atoms with E-state index in [1.54, 1.807) is 14.2 Å². The molecular weight excluding hydrogens is 170 g/mol.